The van der Waals surface area contributed by atoms with Gasteiger partial charge in [-0.2, -0.15) is 0 Å². The average Bonchev–Trinajstić information content (AvgIpc) is 2.29. The molecular weight excluding hydrogens is 240 g/mol. The van der Waals surface area contributed by atoms with Gasteiger partial charge in [-0.3, -0.25) is 4.79 Å². The lowest BCUT2D eigenvalue weighted by atomic mass is 10.1. The maximum absolute atomic E-state index is 13.4. The molecule has 18 heavy (non-hydrogen) atoms. The summed E-state index contributed by atoms with van der Waals surface area (Å²) in [6.45, 7) is 2.39. The van der Waals surface area contributed by atoms with Crippen molar-refractivity contribution in [2.45, 2.75) is 19.9 Å². The quantitative estimate of drug-likeness (QED) is 0.851. The molecule has 3 nitrogen and oxygen atoms in total. The van der Waals surface area contributed by atoms with Crippen LogP contribution >= 0.6 is 0 Å². The Morgan fingerprint density at radius 2 is 2.11 bits per heavy atom. The summed E-state index contributed by atoms with van der Waals surface area (Å²) < 4.78 is 26.1. The maximum Gasteiger partial charge on any atom is 0.307 e. The Morgan fingerprint density at radius 1 is 1.44 bits per heavy atom. The van der Waals surface area contributed by atoms with Crippen LogP contribution in [0.4, 0.5) is 8.78 Å². The molecule has 0 bridgehead atoms. The molecule has 1 aromatic rings. The van der Waals surface area contributed by atoms with E-state index in [1.54, 1.807) is 18.9 Å². The Balaban J connectivity index is 2.64. The van der Waals surface area contributed by atoms with Crippen LogP contribution in [-0.2, 0) is 11.3 Å². The molecule has 1 atom stereocenters. The molecule has 0 amide bonds. The van der Waals surface area contributed by atoms with Gasteiger partial charge in [0.2, 0.25) is 0 Å². The molecule has 5 heteroatoms. The Bertz CT molecular complexity index is 423. The fourth-order valence-electron chi connectivity index (χ4n) is 1.76. The standard InChI is InChI=1S/C13H17F2NO2/c1-3-9(13(17)18)7-16(2)8-10-4-5-11(14)6-12(10)15/h4-6,9H,3,7-8H2,1-2H3,(H,17,18). The number of hydrogen-bond acceptors (Lipinski definition) is 2. The van der Waals surface area contributed by atoms with E-state index in [2.05, 4.69) is 0 Å². The topological polar surface area (TPSA) is 40.5 Å². The van der Waals surface area contributed by atoms with Gasteiger partial charge in [0.1, 0.15) is 11.6 Å². The van der Waals surface area contributed by atoms with Gasteiger partial charge < -0.3 is 10.0 Å². The van der Waals surface area contributed by atoms with Crippen molar-refractivity contribution >= 4 is 5.97 Å². The third-order valence-corrected chi connectivity index (χ3v) is 2.83. The normalized spacial score (nSPS) is 12.7. The van der Waals surface area contributed by atoms with Gasteiger partial charge in [0.15, 0.2) is 0 Å². The minimum atomic E-state index is -0.857. The predicted molar refractivity (Wildman–Crippen MR) is 64.1 cm³/mol. The summed E-state index contributed by atoms with van der Waals surface area (Å²) in [5, 5.41) is 8.93. The second-order valence-electron chi connectivity index (χ2n) is 4.38. The number of carbonyl (C=O) groups is 1. The number of carboxylic acids is 1. The molecule has 0 aromatic heterocycles. The largest absolute Gasteiger partial charge is 0.481 e. The SMILES string of the molecule is CCC(CN(C)Cc1ccc(F)cc1F)C(=O)O. The summed E-state index contributed by atoms with van der Waals surface area (Å²) in [5.41, 5.74) is 0.360. The summed E-state index contributed by atoms with van der Waals surface area (Å²) in [6, 6.07) is 3.40. The van der Waals surface area contributed by atoms with E-state index in [-0.39, 0.29) is 6.54 Å². The lowest BCUT2D eigenvalue weighted by molar-refractivity contribution is -0.142. The van der Waals surface area contributed by atoms with E-state index in [0.29, 0.717) is 18.5 Å². The number of rotatable bonds is 6. The smallest absolute Gasteiger partial charge is 0.307 e. The lowest BCUT2D eigenvalue weighted by Crippen LogP contribution is -2.30. The Labute approximate surface area is 105 Å². The van der Waals surface area contributed by atoms with Crippen molar-refractivity contribution in [3.05, 3.63) is 35.4 Å². The molecule has 0 aliphatic rings. The predicted octanol–water partition coefficient (Wildman–Crippen LogP) is 2.51. The van der Waals surface area contributed by atoms with Gasteiger partial charge in [-0.15, -0.1) is 0 Å². The zero-order chi connectivity index (χ0) is 13.7. The van der Waals surface area contributed by atoms with Crippen molar-refractivity contribution in [2.24, 2.45) is 5.92 Å². The van der Waals surface area contributed by atoms with Crippen molar-refractivity contribution in [1.82, 2.24) is 4.90 Å². The first-order valence-electron chi connectivity index (χ1n) is 5.79. The summed E-state index contributed by atoms with van der Waals surface area (Å²) in [6.07, 6.45) is 0.519. The van der Waals surface area contributed by atoms with E-state index in [9.17, 15) is 13.6 Å². The van der Waals surface area contributed by atoms with Crippen LogP contribution in [0.15, 0.2) is 18.2 Å². The zero-order valence-electron chi connectivity index (χ0n) is 10.5. The van der Waals surface area contributed by atoms with Gasteiger partial charge in [-0.25, -0.2) is 8.78 Å². The molecular formula is C13H17F2NO2. The highest BCUT2D eigenvalue weighted by Gasteiger charge is 2.17. The Morgan fingerprint density at radius 3 is 2.61 bits per heavy atom. The molecule has 0 aliphatic carbocycles. The van der Waals surface area contributed by atoms with E-state index in [1.807, 2.05) is 0 Å². The number of nitrogens with zero attached hydrogens (tertiary/aromatic N) is 1. The molecule has 0 radical (unpaired) electrons. The van der Waals surface area contributed by atoms with Crippen molar-refractivity contribution in [3.63, 3.8) is 0 Å². The van der Waals surface area contributed by atoms with Gasteiger partial charge in [0.05, 0.1) is 5.92 Å². The second-order valence-corrected chi connectivity index (χ2v) is 4.38. The molecule has 0 saturated carbocycles. The minimum absolute atomic E-state index is 0.260. The Kier molecular flexibility index (Phi) is 5.22. The second kappa shape index (κ2) is 6.44. The summed E-state index contributed by atoms with van der Waals surface area (Å²) >= 11 is 0. The number of carboxylic acid groups (broad SMARTS) is 1. The molecule has 0 spiro atoms. The monoisotopic (exact) mass is 257 g/mol. The summed E-state index contributed by atoms with van der Waals surface area (Å²) in [5.74, 6) is -2.55. The molecule has 0 heterocycles. The Hall–Kier alpha value is -1.49. The molecule has 1 rings (SSSR count). The third kappa shape index (κ3) is 4.07. The number of halogens is 2. The van der Waals surface area contributed by atoms with Crippen molar-refractivity contribution in [1.29, 1.82) is 0 Å². The first kappa shape index (κ1) is 14.6. The highest BCUT2D eigenvalue weighted by Crippen LogP contribution is 2.13. The molecule has 1 aromatic carbocycles. The highest BCUT2D eigenvalue weighted by atomic mass is 19.1. The van der Waals surface area contributed by atoms with Crippen LogP contribution in [0.3, 0.4) is 0 Å². The number of benzene rings is 1. The number of hydrogen-bond donors (Lipinski definition) is 1. The molecule has 0 aliphatic heterocycles. The summed E-state index contributed by atoms with van der Waals surface area (Å²) in [7, 11) is 1.72. The summed E-state index contributed by atoms with van der Waals surface area (Å²) in [4.78, 5) is 12.6. The average molecular weight is 257 g/mol. The van der Waals surface area contributed by atoms with Crippen LogP contribution < -0.4 is 0 Å². The van der Waals surface area contributed by atoms with Crippen molar-refractivity contribution in [2.75, 3.05) is 13.6 Å². The van der Waals surface area contributed by atoms with Gasteiger partial charge >= 0.3 is 5.97 Å². The van der Waals surface area contributed by atoms with Crippen molar-refractivity contribution < 1.29 is 18.7 Å². The first-order valence-corrected chi connectivity index (χ1v) is 5.79. The van der Waals surface area contributed by atoms with Crippen LogP contribution in [0.5, 0.6) is 0 Å². The number of aliphatic carboxylic acids is 1. The molecule has 1 unspecified atom stereocenters. The molecule has 1 N–H and O–H groups in total. The highest BCUT2D eigenvalue weighted by molar-refractivity contribution is 5.70. The minimum Gasteiger partial charge on any atom is -0.481 e. The third-order valence-electron chi connectivity index (χ3n) is 2.83. The maximum atomic E-state index is 13.4. The first-order chi connectivity index (χ1) is 8.43. The molecule has 100 valence electrons. The zero-order valence-corrected chi connectivity index (χ0v) is 10.5. The van der Waals surface area contributed by atoms with E-state index < -0.39 is 23.5 Å². The van der Waals surface area contributed by atoms with E-state index in [4.69, 9.17) is 5.11 Å². The van der Waals surface area contributed by atoms with Crippen LogP contribution in [0.2, 0.25) is 0 Å². The van der Waals surface area contributed by atoms with Gasteiger partial charge in [-0.05, 0) is 19.5 Å². The van der Waals surface area contributed by atoms with E-state index >= 15 is 0 Å². The van der Waals surface area contributed by atoms with Crippen LogP contribution in [-0.4, -0.2) is 29.6 Å². The van der Waals surface area contributed by atoms with Gasteiger partial charge in [0, 0.05) is 24.7 Å². The van der Waals surface area contributed by atoms with Gasteiger partial charge in [-0.1, -0.05) is 13.0 Å². The van der Waals surface area contributed by atoms with Crippen molar-refractivity contribution in [3.8, 4) is 0 Å². The fraction of sp³-hybridized carbons (Fsp3) is 0.462. The van der Waals surface area contributed by atoms with Crippen LogP contribution in [0.1, 0.15) is 18.9 Å². The molecule has 0 fully saturated rings. The molecule has 0 saturated heterocycles. The fourth-order valence-corrected chi connectivity index (χ4v) is 1.76. The van der Waals surface area contributed by atoms with E-state index in [0.717, 1.165) is 6.07 Å². The van der Waals surface area contributed by atoms with Crippen LogP contribution in [0.25, 0.3) is 0 Å². The lowest BCUT2D eigenvalue weighted by Gasteiger charge is -2.20. The van der Waals surface area contributed by atoms with Crippen LogP contribution in [0, 0.1) is 17.6 Å². The van der Waals surface area contributed by atoms with Gasteiger partial charge in [0.25, 0.3) is 0 Å². The van der Waals surface area contributed by atoms with E-state index in [1.165, 1.54) is 12.1 Å².